The molecule has 0 radical (unpaired) electrons. The SMILES string of the molecule is CSc1ccccc1C(=O)Nc1ccc(CC#N)cc1. The monoisotopic (exact) mass is 282 g/mol. The lowest BCUT2D eigenvalue weighted by Gasteiger charge is -2.08. The first-order valence-electron chi connectivity index (χ1n) is 6.15. The average Bonchev–Trinajstić information content (AvgIpc) is 2.49. The van der Waals surface area contributed by atoms with Gasteiger partial charge in [-0.25, -0.2) is 0 Å². The van der Waals surface area contributed by atoms with E-state index in [1.807, 2.05) is 54.8 Å². The highest BCUT2D eigenvalue weighted by Gasteiger charge is 2.10. The van der Waals surface area contributed by atoms with E-state index in [0.29, 0.717) is 12.0 Å². The summed E-state index contributed by atoms with van der Waals surface area (Å²) in [6.07, 6.45) is 2.33. The van der Waals surface area contributed by atoms with E-state index in [1.54, 1.807) is 11.8 Å². The summed E-state index contributed by atoms with van der Waals surface area (Å²) in [5.41, 5.74) is 2.34. The zero-order valence-corrected chi connectivity index (χ0v) is 11.9. The quantitative estimate of drug-likeness (QED) is 0.869. The van der Waals surface area contributed by atoms with Crippen molar-refractivity contribution in [1.82, 2.24) is 0 Å². The first-order chi connectivity index (χ1) is 9.74. The van der Waals surface area contributed by atoms with Crippen molar-refractivity contribution >= 4 is 23.4 Å². The zero-order valence-electron chi connectivity index (χ0n) is 11.1. The van der Waals surface area contributed by atoms with Crippen molar-refractivity contribution in [3.63, 3.8) is 0 Å². The number of anilines is 1. The van der Waals surface area contributed by atoms with Crippen molar-refractivity contribution in [3.05, 3.63) is 59.7 Å². The van der Waals surface area contributed by atoms with Crippen molar-refractivity contribution < 1.29 is 4.79 Å². The topological polar surface area (TPSA) is 52.9 Å². The molecular weight excluding hydrogens is 268 g/mol. The first kappa shape index (κ1) is 14.2. The third kappa shape index (κ3) is 3.40. The van der Waals surface area contributed by atoms with Gasteiger partial charge in [-0.1, -0.05) is 24.3 Å². The van der Waals surface area contributed by atoms with Crippen molar-refractivity contribution in [3.8, 4) is 6.07 Å². The molecule has 1 N–H and O–H groups in total. The van der Waals surface area contributed by atoms with E-state index in [0.717, 1.165) is 16.1 Å². The van der Waals surface area contributed by atoms with Gasteiger partial charge in [-0.2, -0.15) is 5.26 Å². The third-order valence-electron chi connectivity index (χ3n) is 2.85. The minimum atomic E-state index is -0.122. The van der Waals surface area contributed by atoms with Crippen molar-refractivity contribution in [1.29, 1.82) is 5.26 Å². The lowest BCUT2D eigenvalue weighted by molar-refractivity contribution is 0.102. The number of carbonyl (C=O) groups excluding carboxylic acids is 1. The summed E-state index contributed by atoms with van der Waals surface area (Å²) in [5.74, 6) is -0.122. The fraction of sp³-hybridized carbons (Fsp3) is 0.125. The van der Waals surface area contributed by atoms with Crippen LogP contribution >= 0.6 is 11.8 Å². The van der Waals surface area contributed by atoms with E-state index in [2.05, 4.69) is 11.4 Å². The molecule has 2 aromatic rings. The Morgan fingerprint density at radius 1 is 1.20 bits per heavy atom. The molecular formula is C16H14N2OS. The molecule has 0 aliphatic carbocycles. The van der Waals surface area contributed by atoms with Crippen LogP contribution in [0.2, 0.25) is 0 Å². The van der Waals surface area contributed by atoms with Gasteiger partial charge in [0.2, 0.25) is 0 Å². The third-order valence-corrected chi connectivity index (χ3v) is 3.64. The van der Waals surface area contributed by atoms with Crippen LogP contribution in [0.15, 0.2) is 53.4 Å². The van der Waals surface area contributed by atoms with E-state index in [4.69, 9.17) is 5.26 Å². The van der Waals surface area contributed by atoms with E-state index in [9.17, 15) is 4.79 Å². The van der Waals surface area contributed by atoms with Gasteiger partial charge in [0.25, 0.3) is 5.91 Å². The fourth-order valence-corrected chi connectivity index (χ4v) is 2.42. The van der Waals surface area contributed by atoms with Gasteiger partial charge in [0.1, 0.15) is 0 Å². The Labute approximate surface area is 122 Å². The number of benzene rings is 2. The Balaban J connectivity index is 2.13. The number of hydrogen-bond donors (Lipinski definition) is 1. The number of thioether (sulfide) groups is 1. The molecule has 100 valence electrons. The molecule has 0 aliphatic heterocycles. The number of rotatable bonds is 4. The van der Waals surface area contributed by atoms with Crippen LogP contribution in [0.4, 0.5) is 5.69 Å². The van der Waals surface area contributed by atoms with Gasteiger partial charge >= 0.3 is 0 Å². The van der Waals surface area contributed by atoms with E-state index in [-0.39, 0.29) is 5.91 Å². The van der Waals surface area contributed by atoms with Gasteiger partial charge in [0, 0.05) is 10.6 Å². The molecule has 0 aliphatic rings. The molecule has 0 heterocycles. The van der Waals surface area contributed by atoms with Crippen molar-refractivity contribution in [2.45, 2.75) is 11.3 Å². The molecule has 0 bridgehead atoms. The number of nitriles is 1. The Hall–Kier alpha value is -2.25. The minimum absolute atomic E-state index is 0.122. The molecule has 0 aromatic heterocycles. The second-order valence-corrected chi connectivity index (χ2v) is 5.03. The van der Waals surface area contributed by atoms with Gasteiger partial charge in [0.15, 0.2) is 0 Å². The maximum atomic E-state index is 12.2. The van der Waals surface area contributed by atoms with Crippen LogP contribution in [0, 0.1) is 11.3 Å². The fourth-order valence-electron chi connectivity index (χ4n) is 1.83. The number of nitrogens with zero attached hydrogens (tertiary/aromatic N) is 1. The first-order valence-corrected chi connectivity index (χ1v) is 7.37. The smallest absolute Gasteiger partial charge is 0.256 e. The van der Waals surface area contributed by atoms with Gasteiger partial charge in [0.05, 0.1) is 18.1 Å². The minimum Gasteiger partial charge on any atom is -0.322 e. The number of nitrogens with one attached hydrogen (secondary N) is 1. The predicted molar refractivity (Wildman–Crippen MR) is 81.9 cm³/mol. The molecule has 0 saturated carbocycles. The molecule has 3 nitrogen and oxygen atoms in total. The number of carbonyl (C=O) groups is 1. The molecule has 2 aromatic carbocycles. The van der Waals surface area contributed by atoms with Crippen LogP contribution < -0.4 is 5.32 Å². The van der Waals surface area contributed by atoms with Crippen molar-refractivity contribution in [2.24, 2.45) is 0 Å². The molecule has 4 heteroatoms. The van der Waals surface area contributed by atoms with Crippen molar-refractivity contribution in [2.75, 3.05) is 11.6 Å². The molecule has 2 rings (SSSR count). The van der Waals surface area contributed by atoms with Crippen LogP contribution in [0.5, 0.6) is 0 Å². The molecule has 0 saturated heterocycles. The number of hydrogen-bond acceptors (Lipinski definition) is 3. The summed E-state index contributed by atoms with van der Waals surface area (Å²) in [7, 11) is 0. The summed E-state index contributed by atoms with van der Waals surface area (Å²) < 4.78 is 0. The van der Waals surface area contributed by atoms with Gasteiger partial charge in [-0.05, 0) is 36.1 Å². The maximum Gasteiger partial charge on any atom is 0.256 e. The van der Waals surface area contributed by atoms with E-state index >= 15 is 0 Å². The second-order valence-electron chi connectivity index (χ2n) is 4.19. The molecule has 20 heavy (non-hydrogen) atoms. The lowest BCUT2D eigenvalue weighted by Crippen LogP contribution is -2.12. The van der Waals surface area contributed by atoms with Crippen LogP contribution in [-0.2, 0) is 6.42 Å². The molecule has 0 spiro atoms. The van der Waals surface area contributed by atoms with Crippen LogP contribution in [-0.4, -0.2) is 12.2 Å². The Bertz CT molecular complexity index is 644. The normalized spacial score (nSPS) is 9.80. The molecule has 0 unspecified atom stereocenters. The molecule has 0 atom stereocenters. The highest BCUT2D eigenvalue weighted by molar-refractivity contribution is 7.98. The molecule has 0 fully saturated rings. The Kier molecular flexibility index (Phi) is 4.80. The van der Waals surface area contributed by atoms with Crippen LogP contribution in [0.1, 0.15) is 15.9 Å². The highest BCUT2D eigenvalue weighted by Crippen LogP contribution is 2.21. The maximum absolute atomic E-state index is 12.2. The largest absolute Gasteiger partial charge is 0.322 e. The highest BCUT2D eigenvalue weighted by atomic mass is 32.2. The number of amides is 1. The lowest BCUT2D eigenvalue weighted by atomic mass is 10.1. The average molecular weight is 282 g/mol. The van der Waals surface area contributed by atoms with Gasteiger partial charge < -0.3 is 5.32 Å². The second kappa shape index (κ2) is 6.78. The van der Waals surface area contributed by atoms with Crippen LogP contribution in [0.3, 0.4) is 0 Å². The summed E-state index contributed by atoms with van der Waals surface area (Å²) >= 11 is 1.55. The summed E-state index contributed by atoms with van der Waals surface area (Å²) in [4.78, 5) is 13.2. The zero-order chi connectivity index (χ0) is 14.4. The summed E-state index contributed by atoms with van der Waals surface area (Å²) in [6.45, 7) is 0. The van der Waals surface area contributed by atoms with Crippen LogP contribution in [0.25, 0.3) is 0 Å². The molecule has 1 amide bonds. The Morgan fingerprint density at radius 2 is 1.90 bits per heavy atom. The van der Waals surface area contributed by atoms with Gasteiger partial charge in [-0.15, -0.1) is 11.8 Å². The standard InChI is InChI=1S/C16H14N2OS/c1-20-15-5-3-2-4-14(15)16(19)18-13-8-6-12(7-9-13)10-11-17/h2-9H,10H2,1H3,(H,18,19). The van der Waals surface area contributed by atoms with E-state index < -0.39 is 0 Å². The summed E-state index contributed by atoms with van der Waals surface area (Å²) in [5, 5.41) is 11.5. The summed E-state index contributed by atoms with van der Waals surface area (Å²) in [6, 6.07) is 16.9. The predicted octanol–water partition coefficient (Wildman–Crippen LogP) is 3.73. The van der Waals surface area contributed by atoms with E-state index in [1.165, 1.54) is 0 Å². The Morgan fingerprint density at radius 3 is 2.55 bits per heavy atom. The van der Waals surface area contributed by atoms with Gasteiger partial charge in [-0.3, -0.25) is 4.79 Å².